The lowest BCUT2D eigenvalue weighted by molar-refractivity contribution is -0.139. The molecule has 2 rings (SSSR count). The Bertz CT molecular complexity index is 424. The minimum atomic E-state index is -0.412. The summed E-state index contributed by atoms with van der Waals surface area (Å²) in [6.07, 6.45) is 5.11. The van der Waals surface area contributed by atoms with Crippen molar-refractivity contribution in [2.45, 2.75) is 58.0 Å². The van der Waals surface area contributed by atoms with Gasteiger partial charge in [-0.2, -0.15) is 0 Å². The van der Waals surface area contributed by atoms with Gasteiger partial charge in [0, 0.05) is 19.5 Å². The molecule has 6 nitrogen and oxygen atoms in total. The van der Waals surface area contributed by atoms with Crippen LogP contribution in [-0.4, -0.2) is 47.8 Å². The Morgan fingerprint density at radius 3 is 2.52 bits per heavy atom. The average Bonchev–Trinajstić information content (AvgIpc) is 2.84. The van der Waals surface area contributed by atoms with Crippen LogP contribution < -0.4 is 10.6 Å². The van der Waals surface area contributed by atoms with Gasteiger partial charge in [0.2, 0.25) is 17.7 Å². The second-order valence-corrected chi connectivity index (χ2v) is 5.96. The van der Waals surface area contributed by atoms with Gasteiger partial charge in [0.25, 0.3) is 0 Å². The van der Waals surface area contributed by atoms with Crippen molar-refractivity contribution in [3.8, 4) is 0 Å². The fourth-order valence-electron chi connectivity index (χ4n) is 3.69. The van der Waals surface area contributed by atoms with E-state index in [0.717, 1.165) is 25.7 Å². The molecule has 1 aliphatic carbocycles. The van der Waals surface area contributed by atoms with Crippen LogP contribution in [0.2, 0.25) is 0 Å². The fourth-order valence-corrected chi connectivity index (χ4v) is 3.69. The SMILES string of the molecule is CCNC(=O)CNC(=O)C1CC2CCCCC2N1C(C)=O. The second kappa shape index (κ2) is 6.91. The zero-order valence-electron chi connectivity index (χ0n) is 12.9. The van der Waals surface area contributed by atoms with Crippen LogP contribution in [0.3, 0.4) is 0 Å². The van der Waals surface area contributed by atoms with E-state index in [4.69, 9.17) is 0 Å². The third-order valence-electron chi connectivity index (χ3n) is 4.55. The molecule has 1 heterocycles. The standard InChI is InChI=1S/C15H25N3O3/c1-3-16-14(20)9-17-15(21)13-8-11-6-4-5-7-12(11)18(13)10(2)19/h11-13H,3-9H2,1-2H3,(H,16,20)(H,17,21). The van der Waals surface area contributed by atoms with E-state index >= 15 is 0 Å². The quantitative estimate of drug-likeness (QED) is 0.789. The molecule has 3 unspecified atom stereocenters. The number of hydrogen-bond donors (Lipinski definition) is 2. The van der Waals surface area contributed by atoms with Crippen molar-refractivity contribution in [1.29, 1.82) is 0 Å². The summed E-state index contributed by atoms with van der Waals surface area (Å²) in [4.78, 5) is 37.4. The number of likely N-dealkylation sites (N-methyl/N-ethyl adjacent to an activating group) is 1. The van der Waals surface area contributed by atoms with Crippen LogP contribution in [0, 0.1) is 5.92 Å². The van der Waals surface area contributed by atoms with E-state index in [1.807, 2.05) is 6.92 Å². The van der Waals surface area contributed by atoms with E-state index in [-0.39, 0.29) is 30.3 Å². The summed E-state index contributed by atoms with van der Waals surface area (Å²) in [5.41, 5.74) is 0. The lowest BCUT2D eigenvalue weighted by Crippen LogP contribution is -2.50. The van der Waals surface area contributed by atoms with Crippen molar-refractivity contribution < 1.29 is 14.4 Å². The zero-order valence-corrected chi connectivity index (χ0v) is 12.9. The fraction of sp³-hybridized carbons (Fsp3) is 0.800. The van der Waals surface area contributed by atoms with Gasteiger partial charge in [-0.05, 0) is 32.1 Å². The molecule has 6 heteroatoms. The Kier molecular flexibility index (Phi) is 5.20. The van der Waals surface area contributed by atoms with E-state index in [1.54, 1.807) is 4.90 Å². The molecular formula is C15H25N3O3. The monoisotopic (exact) mass is 295 g/mol. The Hall–Kier alpha value is -1.59. The second-order valence-electron chi connectivity index (χ2n) is 5.96. The number of fused-ring (bicyclic) bond motifs is 1. The van der Waals surface area contributed by atoms with E-state index in [9.17, 15) is 14.4 Å². The third kappa shape index (κ3) is 3.54. The van der Waals surface area contributed by atoms with Gasteiger partial charge >= 0.3 is 0 Å². The van der Waals surface area contributed by atoms with Gasteiger partial charge < -0.3 is 15.5 Å². The third-order valence-corrected chi connectivity index (χ3v) is 4.55. The number of amides is 3. The normalized spacial score (nSPS) is 27.9. The van der Waals surface area contributed by atoms with E-state index in [0.29, 0.717) is 12.5 Å². The molecule has 1 saturated carbocycles. The first-order valence-electron chi connectivity index (χ1n) is 7.88. The smallest absolute Gasteiger partial charge is 0.243 e. The average molecular weight is 295 g/mol. The summed E-state index contributed by atoms with van der Waals surface area (Å²) < 4.78 is 0. The van der Waals surface area contributed by atoms with Crippen molar-refractivity contribution in [2.24, 2.45) is 5.92 Å². The molecule has 118 valence electrons. The molecule has 2 N–H and O–H groups in total. The minimum absolute atomic E-state index is 0.0236. The summed E-state index contributed by atoms with van der Waals surface area (Å²) in [5.74, 6) is -0.00748. The molecule has 0 spiro atoms. The maximum Gasteiger partial charge on any atom is 0.243 e. The maximum atomic E-state index is 12.3. The first kappa shape index (κ1) is 15.8. The minimum Gasteiger partial charge on any atom is -0.355 e. The molecule has 0 aromatic rings. The predicted octanol–water partition coefficient (Wildman–Crippen LogP) is 0.418. The number of nitrogens with one attached hydrogen (secondary N) is 2. The number of rotatable bonds is 4. The topological polar surface area (TPSA) is 78.5 Å². The molecule has 1 aliphatic heterocycles. The van der Waals surface area contributed by atoms with Crippen molar-refractivity contribution in [3.05, 3.63) is 0 Å². The van der Waals surface area contributed by atoms with Crippen LogP contribution in [0.1, 0.15) is 46.0 Å². The van der Waals surface area contributed by atoms with Crippen LogP contribution in [-0.2, 0) is 14.4 Å². The van der Waals surface area contributed by atoms with Crippen LogP contribution >= 0.6 is 0 Å². The van der Waals surface area contributed by atoms with E-state index < -0.39 is 6.04 Å². The van der Waals surface area contributed by atoms with Crippen LogP contribution in [0.15, 0.2) is 0 Å². The molecule has 0 aromatic heterocycles. The molecule has 0 radical (unpaired) electrons. The molecule has 21 heavy (non-hydrogen) atoms. The Balaban J connectivity index is 1.98. The highest BCUT2D eigenvalue weighted by Crippen LogP contribution is 2.39. The predicted molar refractivity (Wildman–Crippen MR) is 78.4 cm³/mol. The van der Waals surface area contributed by atoms with Gasteiger partial charge in [-0.1, -0.05) is 12.8 Å². The highest BCUT2D eigenvalue weighted by Gasteiger charge is 2.46. The lowest BCUT2D eigenvalue weighted by Gasteiger charge is -2.32. The summed E-state index contributed by atoms with van der Waals surface area (Å²) in [6.45, 7) is 3.88. The highest BCUT2D eigenvalue weighted by atomic mass is 16.2. The first-order valence-corrected chi connectivity index (χ1v) is 7.88. The molecule has 0 aromatic carbocycles. The number of hydrogen-bond acceptors (Lipinski definition) is 3. The molecule has 2 fully saturated rings. The van der Waals surface area contributed by atoms with E-state index in [2.05, 4.69) is 10.6 Å². The molecular weight excluding hydrogens is 270 g/mol. The maximum absolute atomic E-state index is 12.3. The van der Waals surface area contributed by atoms with Gasteiger partial charge in [-0.15, -0.1) is 0 Å². The van der Waals surface area contributed by atoms with Crippen molar-refractivity contribution in [1.82, 2.24) is 15.5 Å². The number of nitrogens with zero attached hydrogens (tertiary/aromatic N) is 1. The Labute approximate surface area is 125 Å². The highest BCUT2D eigenvalue weighted by molar-refractivity contribution is 5.90. The van der Waals surface area contributed by atoms with Crippen LogP contribution in [0.4, 0.5) is 0 Å². The van der Waals surface area contributed by atoms with E-state index in [1.165, 1.54) is 13.3 Å². The summed E-state index contributed by atoms with van der Waals surface area (Å²) in [5, 5.41) is 5.30. The molecule has 3 atom stereocenters. The molecule has 2 aliphatic rings. The number of carbonyl (C=O) groups is 3. The lowest BCUT2D eigenvalue weighted by atomic mass is 9.84. The molecule has 3 amide bonds. The molecule has 0 bridgehead atoms. The van der Waals surface area contributed by atoms with Gasteiger partial charge in [0.1, 0.15) is 6.04 Å². The van der Waals surface area contributed by atoms with Gasteiger partial charge in [-0.3, -0.25) is 14.4 Å². The summed E-state index contributed by atoms with van der Waals surface area (Å²) >= 11 is 0. The largest absolute Gasteiger partial charge is 0.355 e. The Morgan fingerprint density at radius 1 is 1.14 bits per heavy atom. The summed E-state index contributed by atoms with van der Waals surface area (Å²) in [6, 6.07) is -0.207. The van der Waals surface area contributed by atoms with Crippen LogP contribution in [0.25, 0.3) is 0 Å². The van der Waals surface area contributed by atoms with Crippen LogP contribution in [0.5, 0.6) is 0 Å². The van der Waals surface area contributed by atoms with Gasteiger partial charge in [0.15, 0.2) is 0 Å². The first-order chi connectivity index (χ1) is 10.0. The molecule has 1 saturated heterocycles. The number of likely N-dealkylation sites (tertiary alicyclic amines) is 1. The van der Waals surface area contributed by atoms with Crippen molar-refractivity contribution >= 4 is 17.7 Å². The number of carbonyl (C=O) groups excluding carboxylic acids is 3. The Morgan fingerprint density at radius 2 is 1.86 bits per heavy atom. The van der Waals surface area contributed by atoms with Crippen molar-refractivity contribution in [2.75, 3.05) is 13.1 Å². The summed E-state index contributed by atoms with van der Waals surface area (Å²) in [7, 11) is 0. The van der Waals surface area contributed by atoms with Gasteiger partial charge in [-0.25, -0.2) is 0 Å². The van der Waals surface area contributed by atoms with Gasteiger partial charge in [0.05, 0.1) is 6.54 Å². The zero-order chi connectivity index (χ0) is 15.4. The van der Waals surface area contributed by atoms with Crippen molar-refractivity contribution in [3.63, 3.8) is 0 Å².